The number of aromatic nitrogens is 6. The normalized spacial score (nSPS) is 14.7. The van der Waals surface area contributed by atoms with E-state index in [0.29, 0.717) is 63.5 Å². The molecule has 9 aromatic rings. The SMILES string of the molecule is C/C=N/NC(=O)Nc1ccc2[nH]c(C(=O)Nc3ccc4[nH]c(C(=O)N5CC(CCl)c6c5cc(OC(C)=O)c5ccccc65)cc4c3)cc2c1.CCN1C(=O)CC(SC[C@H](NC(=O)[C@H](CC(=O)O)NC(=O)[C@H](CCCN=C(N)N)NC(=O)[C@H](CC(=O)O)NC(=O)CC[C@H](NC(=O)c2ccc(NCc3cnc4nc(N)[nH]c(=O)c4n3)cc2)C(=O)O)C(=O)O)C1=O. The Bertz CT molecular complexity index is 5780. The molecule has 0 radical (unpaired) electrons. The number of carboxylic acids is 4. The Balaban J connectivity index is 0.000000278. The highest BCUT2D eigenvalue weighted by Gasteiger charge is 2.41. The van der Waals surface area contributed by atoms with Crippen molar-refractivity contribution in [3.8, 4) is 5.75 Å². The number of thioether (sulfide) groups is 1. The number of halogens is 1. The van der Waals surface area contributed by atoms with Gasteiger partial charge in [-0.25, -0.2) is 29.8 Å². The van der Waals surface area contributed by atoms with Crippen LogP contribution in [0.25, 0.3) is 43.7 Å². The van der Waals surface area contributed by atoms with Crippen molar-refractivity contribution < 1.29 is 97.1 Å². The molecule has 22 N–H and O–H groups in total. The third-order valence-electron chi connectivity index (χ3n) is 18.9. The number of urea groups is 1. The molecule has 11 amide bonds. The molecule has 6 heterocycles. The number of hydrazone groups is 1. The molecule has 7 atom stereocenters. The van der Waals surface area contributed by atoms with E-state index in [-0.39, 0.29) is 85.3 Å². The van der Waals surface area contributed by atoms with E-state index in [4.69, 9.17) is 33.5 Å². The number of benzene rings is 5. The van der Waals surface area contributed by atoms with E-state index in [2.05, 4.69) is 88.0 Å². The highest BCUT2D eigenvalue weighted by molar-refractivity contribution is 8.00. The van der Waals surface area contributed by atoms with Crippen LogP contribution in [0.2, 0.25) is 0 Å². The Hall–Kier alpha value is -15.1. The van der Waals surface area contributed by atoms with Gasteiger partial charge in [-0.05, 0) is 117 Å². The predicted octanol–water partition coefficient (Wildman–Crippen LogP) is 2.87. The molecule has 2 unspecified atom stereocenters. The largest absolute Gasteiger partial charge is 0.481 e. The van der Waals surface area contributed by atoms with E-state index in [9.17, 15) is 97.1 Å². The molecule has 43 nitrogen and oxygen atoms in total. The van der Waals surface area contributed by atoms with E-state index in [1.165, 1.54) is 43.6 Å². The second-order valence-electron chi connectivity index (χ2n) is 27.7. The summed E-state index contributed by atoms with van der Waals surface area (Å²) >= 11 is 7.18. The number of guanidine groups is 1. The van der Waals surface area contributed by atoms with Crippen LogP contribution in [0.1, 0.15) is 114 Å². The lowest BCUT2D eigenvalue weighted by atomic mass is 9.95. The molecule has 644 valence electrons. The molecule has 1 saturated heterocycles. The number of H-pyrrole nitrogens is 3. The molecule has 123 heavy (non-hydrogen) atoms. The number of nitrogens with two attached hydrogens (primary N) is 3. The lowest BCUT2D eigenvalue weighted by Gasteiger charge is -2.25. The van der Waals surface area contributed by atoms with Gasteiger partial charge < -0.3 is 99.8 Å². The van der Waals surface area contributed by atoms with Crippen molar-refractivity contribution in [2.24, 2.45) is 21.6 Å². The number of aliphatic imine (C=N–C) groups is 1. The van der Waals surface area contributed by atoms with Crippen molar-refractivity contribution in [2.45, 2.75) is 114 Å². The average molecular weight is 1730 g/mol. The van der Waals surface area contributed by atoms with E-state index < -0.39 is 150 Å². The number of esters is 1. The number of alkyl halides is 1. The first-order valence-corrected chi connectivity index (χ1v) is 39.3. The second-order valence-corrected chi connectivity index (χ2v) is 29.2. The van der Waals surface area contributed by atoms with E-state index in [0.717, 1.165) is 49.3 Å². The summed E-state index contributed by atoms with van der Waals surface area (Å²) in [7, 11) is 0. The van der Waals surface area contributed by atoms with Crippen LogP contribution in [0.3, 0.4) is 0 Å². The number of anilines is 5. The number of fused-ring (bicyclic) bond motifs is 6. The number of nitrogen functional groups attached to an aromatic ring is 1. The molecule has 2 aliphatic rings. The van der Waals surface area contributed by atoms with E-state index >= 15 is 0 Å². The van der Waals surface area contributed by atoms with Crippen molar-refractivity contribution in [1.29, 1.82) is 0 Å². The molecule has 0 saturated carbocycles. The summed E-state index contributed by atoms with van der Waals surface area (Å²) in [6.07, 6.45) is -1.24. The molecule has 0 spiro atoms. The molecule has 45 heteroatoms. The number of nitrogens with one attached hydrogen (secondary N) is 12. The van der Waals surface area contributed by atoms with Crippen LogP contribution in [-0.4, -0.2) is 223 Å². The standard InChI is InChI=1S/C42H53N15O16S.C36H30ClN7O5/c1-2-57-28(59)14-26(38(57)69)74-17-25(40(72)73)54-36(67)24(13-30(62)63)53-34(65)21(4-3-11-46-41(43)44)51-35(66)23(12-29(60)61)50-27(58)10-9-22(39(70)71)52-33(64)18-5-7-19(8-6-18)47-15-20-16-48-32-31(49-20)37(68)56-42(45)55-32;1-3-38-43-36(48)40-24-9-11-27-20(13-24)14-29(41-27)34(46)39-23-8-10-28-21(12-23)15-30(42-28)35(47)44-18-22(17-37)33-26-7-5-4-6-25(26)32(16-31(33)44)49-19(2)45/h5-8,16,21-26,47H,2-4,9-15,17H2,1H3,(H,50,58)(H,51,66)(H,52,64)(H,53,65)(H,54,67)(H,60,61)(H,62,63)(H,70,71)(H,72,73)(H4,43,44,46)(H3,45,48,55,56,68);3-16,22,41-42H,17-18H2,1-2H3,(H,39,46)(H2,40,43,48)/b;38-3+/t21-,22-,23-,24-,25-,26?;/m0./s1. The zero-order chi connectivity index (χ0) is 89.0. The number of amides is 11. The number of imide groups is 1. The van der Waals surface area contributed by atoms with Crippen LogP contribution >= 0.6 is 23.4 Å². The molecule has 4 aromatic heterocycles. The minimum Gasteiger partial charge on any atom is -0.481 e. The van der Waals surface area contributed by atoms with Gasteiger partial charge >= 0.3 is 35.9 Å². The Kier molecular flexibility index (Phi) is 30.1. The van der Waals surface area contributed by atoms with Crippen LogP contribution in [0.5, 0.6) is 5.75 Å². The number of likely N-dealkylation sites (tertiary alicyclic amines) is 1. The molecular weight excluding hydrogens is 1650 g/mol. The number of hydrogen-bond donors (Lipinski definition) is 19. The van der Waals surface area contributed by atoms with Gasteiger partial charge in [-0.2, -0.15) is 10.1 Å². The van der Waals surface area contributed by atoms with Gasteiger partial charge in [-0.1, -0.05) is 24.3 Å². The highest BCUT2D eigenvalue weighted by Crippen LogP contribution is 2.46. The van der Waals surface area contributed by atoms with Gasteiger partial charge in [0.25, 0.3) is 23.3 Å². The quantitative estimate of drug-likeness (QED) is 0.00392. The molecule has 1 fully saturated rings. The lowest BCUT2D eigenvalue weighted by molar-refractivity contribution is -0.143. The van der Waals surface area contributed by atoms with Gasteiger partial charge in [-0.15, -0.1) is 23.4 Å². The van der Waals surface area contributed by atoms with E-state index in [1.807, 2.05) is 24.3 Å². The van der Waals surface area contributed by atoms with Crippen molar-refractivity contribution in [3.63, 3.8) is 0 Å². The van der Waals surface area contributed by atoms with E-state index in [1.54, 1.807) is 73.3 Å². The summed E-state index contributed by atoms with van der Waals surface area (Å²) in [6, 6.07) is 19.5. The molecule has 0 bridgehead atoms. The maximum Gasteiger partial charge on any atom is 0.339 e. The number of hydrogen-bond acceptors (Lipinski definition) is 25. The first-order valence-electron chi connectivity index (χ1n) is 37.7. The van der Waals surface area contributed by atoms with Gasteiger partial charge in [0.15, 0.2) is 17.1 Å². The Morgan fingerprint density at radius 3 is 1.93 bits per heavy atom. The Morgan fingerprint density at radius 2 is 1.31 bits per heavy atom. The van der Waals surface area contributed by atoms with Crippen LogP contribution in [-0.2, 0) is 59.3 Å². The summed E-state index contributed by atoms with van der Waals surface area (Å²) in [4.78, 5) is 230. The fraction of sp³-hybridized carbons (Fsp3) is 0.295. The van der Waals surface area contributed by atoms with Gasteiger partial charge in [0.1, 0.15) is 47.3 Å². The van der Waals surface area contributed by atoms with Gasteiger partial charge in [-0.3, -0.25) is 77.2 Å². The van der Waals surface area contributed by atoms with Crippen LogP contribution < -0.4 is 80.4 Å². The zero-order valence-corrected chi connectivity index (χ0v) is 67.2. The number of rotatable bonds is 36. The molecule has 11 rings (SSSR count). The number of nitrogens with zero attached hydrogens (tertiary/aromatic N) is 7. The number of carbonyl (C=O) groups excluding carboxylic acids is 11. The third-order valence-corrected chi connectivity index (χ3v) is 20.6. The highest BCUT2D eigenvalue weighted by atomic mass is 35.5. The number of aliphatic carboxylic acids is 4. The smallest absolute Gasteiger partial charge is 0.339 e. The zero-order valence-electron chi connectivity index (χ0n) is 65.6. The number of carboxylic acid groups (broad SMARTS) is 4. The van der Waals surface area contributed by atoms with Crippen molar-refractivity contribution in [3.05, 3.63) is 148 Å². The van der Waals surface area contributed by atoms with Crippen LogP contribution in [0.4, 0.5) is 33.5 Å². The lowest BCUT2D eigenvalue weighted by Crippen LogP contribution is -2.58. The predicted molar refractivity (Wildman–Crippen MR) is 449 cm³/mol. The Morgan fingerprint density at radius 1 is 0.699 bits per heavy atom. The molecule has 2 aliphatic heterocycles. The maximum absolute atomic E-state index is 14.0. The number of carbonyl (C=O) groups is 15. The Labute approximate surface area is 704 Å². The van der Waals surface area contributed by atoms with Crippen molar-refractivity contribution in [1.82, 2.24) is 66.8 Å². The minimum atomic E-state index is -1.99. The molecule has 5 aromatic carbocycles. The number of aromatic amines is 3. The fourth-order valence-corrected chi connectivity index (χ4v) is 14.6. The summed E-state index contributed by atoms with van der Waals surface area (Å²) < 4.78 is 5.55. The fourth-order valence-electron chi connectivity index (χ4n) is 13.1. The average Bonchev–Trinajstić information content (AvgIpc) is 1.60. The van der Waals surface area contributed by atoms with Gasteiger partial charge in [0.2, 0.25) is 41.4 Å². The first-order chi connectivity index (χ1) is 58.7. The molecular formula is C78H83ClN22O21S. The summed E-state index contributed by atoms with van der Waals surface area (Å²) in [5.41, 5.74) is 23.7. The second kappa shape index (κ2) is 41.0. The van der Waals surface area contributed by atoms with Gasteiger partial charge in [0.05, 0.1) is 42.2 Å². The summed E-state index contributed by atoms with van der Waals surface area (Å²) in [6.45, 7) is 5.01. The van der Waals surface area contributed by atoms with Gasteiger partial charge in [0, 0.05) is 119 Å². The van der Waals surface area contributed by atoms with Crippen LogP contribution in [0.15, 0.2) is 124 Å². The van der Waals surface area contributed by atoms with Crippen molar-refractivity contribution >= 4 is 197 Å². The summed E-state index contributed by atoms with van der Waals surface area (Å²) in [5.74, 6) is -14.6. The molecule has 0 aliphatic carbocycles. The van der Waals surface area contributed by atoms with Crippen molar-refractivity contribution in [2.75, 3.05) is 57.9 Å². The maximum atomic E-state index is 14.0. The minimum absolute atomic E-state index is 0.0113. The van der Waals surface area contributed by atoms with Crippen LogP contribution in [0, 0.1) is 0 Å². The monoisotopic (exact) mass is 1730 g/mol. The first kappa shape index (κ1) is 90.2. The number of ether oxygens (including phenoxy) is 1. The third kappa shape index (κ3) is 23.7. The summed E-state index contributed by atoms with van der Waals surface area (Å²) in [5, 5.41) is 64.3. The topological polar surface area (TPSA) is 667 Å².